The van der Waals surface area contributed by atoms with Crippen LogP contribution in [-0.4, -0.2) is 11.1 Å². The van der Waals surface area contributed by atoms with Gasteiger partial charge in [0.25, 0.3) is 0 Å². The van der Waals surface area contributed by atoms with Crippen LogP contribution in [0.4, 0.5) is 0 Å². The van der Waals surface area contributed by atoms with Crippen LogP contribution in [0.5, 0.6) is 0 Å². The van der Waals surface area contributed by atoms with Gasteiger partial charge in [-0.1, -0.05) is 67.8 Å². The van der Waals surface area contributed by atoms with E-state index in [2.05, 4.69) is 31.2 Å². The number of rotatable bonds is 3. The molecule has 2 heteroatoms. The maximum atomic E-state index is 12.9. The molecule has 0 aromatic heterocycles. The van der Waals surface area contributed by atoms with Crippen LogP contribution in [-0.2, 0) is 0 Å². The Morgan fingerprint density at radius 2 is 1.68 bits per heavy atom. The highest BCUT2D eigenvalue weighted by molar-refractivity contribution is 7.41. The van der Waals surface area contributed by atoms with Crippen LogP contribution >= 0.6 is 8.20 Å². The molecule has 0 heterocycles. The first kappa shape index (κ1) is 15.5. The van der Waals surface area contributed by atoms with Gasteiger partial charge in [-0.15, -0.1) is 13.7 Å². The van der Waals surface area contributed by atoms with Gasteiger partial charge in [-0.05, 0) is 47.7 Å². The summed E-state index contributed by atoms with van der Waals surface area (Å²) in [7, 11) is 0.995. The molecule has 0 unspecified atom stereocenters. The molecule has 0 radical (unpaired) electrons. The first-order valence-electron chi connectivity index (χ1n) is 8.16. The Morgan fingerprint density at radius 3 is 2.41 bits per heavy atom. The molecule has 0 atom stereocenters. The predicted molar refractivity (Wildman–Crippen MR) is 94.5 cm³/mol. The second kappa shape index (κ2) is 7.22. The lowest BCUT2D eigenvalue weighted by atomic mass is 9.96. The molecule has 0 aliphatic heterocycles. The summed E-state index contributed by atoms with van der Waals surface area (Å²) >= 11 is 0. The topological polar surface area (TPSA) is 23.1 Å². The summed E-state index contributed by atoms with van der Waals surface area (Å²) in [4.78, 5) is 0. The van der Waals surface area contributed by atoms with E-state index in [4.69, 9.17) is 0 Å². The fourth-order valence-corrected chi connectivity index (χ4v) is 4.63. The molecule has 1 nitrogen and oxygen atoms in total. The van der Waals surface area contributed by atoms with Crippen molar-refractivity contribution in [2.45, 2.75) is 44.7 Å². The van der Waals surface area contributed by atoms with Crippen LogP contribution in [0.25, 0.3) is 11.1 Å². The Bertz CT molecular complexity index is 655. The van der Waals surface area contributed by atoms with Gasteiger partial charge in [0, 0.05) is 0 Å². The number of aryl methyl sites for hydroxylation is 1. The zero-order chi connectivity index (χ0) is 15.4. The number of hydrogen-bond donors (Lipinski definition) is 0. The van der Waals surface area contributed by atoms with Crippen molar-refractivity contribution in [1.82, 2.24) is 0 Å². The second-order valence-electron chi connectivity index (χ2n) is 6.09. The van der Waals surface area contributed by atoms with Gasteiger partial charge in [-0.2, -0.15) is 0 Å². The van der Waals surface area contributed by atoms with E-state index < -0.39 is 0 Å². The smallest absolute Gasteiger partial charge is 0.0000721 e. The molecule has 0 saturated heterocycles. The fraction of sp³-hybridized carbons (Fsp3) is 0.350. The standard InChI is InChI=1S/C20H23OP/c1-15-9-8-14-18(16-10-4-2-5-11-16)19(15)20(21)22-17-12-6-3-7-13-17/h2,4-5,8-11,14,17,21H,3,6-7,12-13H2,1H3/p-1. The van der Waals surface area contributed by atoms with Crippen molar-refractivity contribution in [3.8, 4) is 11.1 Å². The molecular weight excluding hydrogens is 287 g/mol. The number of hydrogen-bond acceptors (Lipinski definition) is 1. The lowest BCUT2D eigenvalue weighted by Crippen LogP contribution is -2.21. The van der Waals surface area contributed by atoms with Crippen molar-refractivity contribution in [3.05, 3.63) is 59.7 Å². The quantitative estimate of drug-likeness (QED) is 0.748. The molecule has 1 fully saturated rings. The maximum Gasteiger partial charge on any atom is -0.0000721 e. The molecule has 114 valence electrons. The minimum atomic E-state index is 0.295. The number of benzene rings is 2. The SMILES string of the molecule is Cc1cccc(-c2ccccc2)c1C([O-])=PC1CCCCC1. The van der Waals surface area contributed by atoms with Gasteiger partial charge in [0.05, 0.1) is 0 Å². The minimum absolute atomic E-state index is 0.295. The van der Waals surface area contributed by atoms with E-state index in [1.165, 1.54) is 32.1 Å². The normalized spacial score (nSPS) is 16.7. The van der Waals surface area contributed by atoms with E-state index in [0.717, 1.165) is 30.5 Å². The van der Waals surface area contributed by atoms with E-state index in [0.29, 0.717) is 11.1 Å². The van der Waals surface area contributed by atoms with Gasteiger partial charge >= 0.3 is 0 Å². The molecule has 1 aliphatic carbocycles. The lowest BCUT2D eigenvalue weighted by Gasteiger charge is -2.24. The van der Waals surface area contributed by atoms with Gasteiger partial charge in [-0.25, -0.2) is 0 Å². The maximum absolute atomic E-state index is 12.9. The predicted octanol–water partition coefficient (Wildman–Crippen LogP) is 4.78. The third-order valence-electron chi connectivity index (χ3n) is 4.45. The summed E-state index contributed by atoms with van der Waals surface area (Å²) in [6.07, 6.45) is 6.31. The van der Waals surface area contributed by atoms with Crippen molar-refractivity contribution in [3.63, 3.8) is 0 Å². The van der Waals surface area contributed by atoms with E-state index >= 15 is 0 Å². The average Bonchev–Trinajstić information content (AvgIpc) is 2.56. The molecular formula is C20H22OP-. The largest absolute Gasteiger partial charge is 0.823 e. The Labute approximate surface area is 134 Å². The zero-order valence-electron chi connectivity index (χ0n) is 13.1. The third-order valence-corrected chi connectivity index (χ3v) is 5.79. The van der Waals surface area contributed by atoms with Crippen molar-refractivity contribution in [2.24, 2.45) is 0 Å². The Balaban J connectivity index is 2.00. The van der Waals surface area contributed by atoms with Crippen molar-refractivity contribution in [1.29, 1.82) is 0 Å². The Morgan fingerprint density at radius 1 is 0.955 bits per heavy atom. The molecule has 2 aromatic carbocycles. The van der Waals surface area contributed by atoms with E-state index in [1.54, 1.807) is 0 Å². The summed E-state index contributed by atoms with van der Waals surface area (Å²) in [6, 6.07) is 16.4. The van der Waals surface area contributed by atoms with Crippen LogP contribution in [0.3, 0.4) is 0 Å². The molecule has 0 amide bonds. The van der Waals surface area contributed by atoms with Crippen molar-refractivity contribution in [2.75, 3.05) is 0 Å². The van der Waals surface area contributed by atoms with Crippen molar-refractivity contribution >= 4 is 13.7 Å². The highest BCUT2D eigenvalue weighted by atomic mass is 31.1. The fourth-order valence-electron chi connectivity index (χ4n) is 3.25. The summed E-state index contributed by atoms with van der Waals surface area (Å²) in [6.45, 7) is 2.05. The third kappa shape index (κ3) is 3.48. The van der Waals surface area contributed by atoms with E-state index in [1.807, 2.05) is 24.3 Å². The highest BCUT2D eigenvalue weighted by Gasteiger charge is 2.12. The Hall–Kier alpha value is -1.43. The van der Waals surface area contributed by atoms with E-state index in [-0.39, 0.29) is 0 Å². The van der Waals surface area contributed by atoms with Gasteiger partial charge in [0.2, 0.25) is 0 Å². The van der Waals surface area contributed by atoms with Crippen molar-refractivity contribution < 1.29 is 5.11 Å². The van der Waals surface area contributed by atoms with Gasteiger partial charge in [-0.3, -0.25) is 0 Å². The molecule has 2 aromatic rings. The average molecular weight is 309 g/mol. The zero-order valence-corrected chi connectivity index (χ0v) is 14.0. The van der Waals surface area contributed by atoms with Crippen LogP contribution in [0.1, 0.15) is 43.2 Å². The molecule has 22 heavy (non-hydrogen) atoms. The first-order valence-corrected chi connectivity index (χ1v) is 9.12. The molecule has 1 aliphatic rings. The summed E-state index contributed by atoms with van der Waals surface area (Å²) < 4.78 is 0. The summed E-state index contributed by atoms with van der Waals surface area (Å²) in [5, 5.41) is 12.9. The van der Waals surface area contributed by atoms with Crippen LogP contribution in [0.15, 0.2) is 48.5 Å². The molecule has 0 bridgehead atoms. The molecule has 0 N–H and O–H groups in total. The van der Waals surface area contributed by atoms with E-state index in [9.17, 15) is 5.11 Å². The van der Waals surface area contributed by atoms with Gasteiger partial charge < -0.3 is 5.11 Å². The lowest BCUT2D eigenvalue weighted by molar-refractivity contribution is -0.207. The first-order chi connectivity index (χ1) is 10.8. The molecule has 1 saturated carbocycles. The molecule has 3 rings (SSSR count). The van der Waals surface area contributed by atoms with Crippen LogP contribution in [0, 0.1) is 6.92 Å². The van der Waals surface area contributed by atoms with Crippen LogP contribution in [0.2, 0.25) is 0 Å². The van der Waals surface area contributed by atoms with Gasteiger partial charge in [0.1, 0.15) is 0 Å². The van der Waals surface area contributed by atoms with Crippen LogP contribution < -0.4 is 5.11 Å². The summed E-state index contributed by atoms with van der Waals surface area (Å²) in [5.74, 6) is 0. The summed E-state index contributed by atoms with van der Waals surface area (Å²) in [5.41, 5.74) is 5.08. The minimum Gasteiger partial charge on any atom is -0.823 e. The highest BCUT2D eigenvalue weighted by Crippen LogP contribution is 2.32. The monoisotopic (exact) mass is 309 g/mol. The molecule has 0 spiro atoms. The van der Waals surface area contributed by atoms with Gasteiger partial charge in [0.15, 0.2) is 0 Å². The second-order valence-corrected chi connectivity index (χ2v) is 7.48. The Kier molecular flexibility index (Phi) is 5.08.